The number of nitrogens with one attached hydrogen (secondary N) is 3. The predicted molar refractivity (Wildman–Crippen MR) is 165 cm³/mol. The normalized spacial score (nSPS) is 12.9. The number of carbonyl (C=O) groups excluding carboxylic acids is 1. The average Bonchev–Trinajstić information content (AvgIpc) is 3.00. The highest BCUT2D eigenvalue weighted by Gasteiger charge is 2.21. The molecule has 218 valence electrons. The van der Waals surface area contributed by atoms with Crippen molar-refractivity contribution in [3.63, 3.8) is 0 Å². The van der Waals surface area contributed by atoms with Crippen molar-refractivity contribution in [2.45, 2.75) is 20.8 Å². The van der Waals surface area contributed by atoms with Gasteiger partial charge in [-0.2, -0.15) is 4.98 Å². The van der Waals surface area contributed by atoms with E-state index in [9.17, 15) is 4.79 Å². The van der Waals surface area contributed by atoms with Crippen LogP contribution >= 0.6 is 0 Å². The molecule has 5 rings (SSSR count). The van der Waals surface area contributed by atoms with Crippen LogP contribution in [0.1, 0.15) is 28.4 Å². The van der Waals surface area contributed by atoms with Crippen LogP contribution in [0.4, 0.5) is 23.0 Å². The Morgan fingerprint density at radius 3 is 2.43 bits per heavy atom. The number of aromatic nitrogens is 2. The summed E-state index contributed by atoms with van der Waals surface area (Å²) in [5.74, 6) is 1.69. The lowest BCUT2D eigenvalue weighted by molar-refractivity contribution is 0.102. The lowest BCUT2D eigenvalue weighted by atomic mass is 10.1. The first kappa shape index (κ1) is 28.7. The highest BCUT2D eigenvalue weighted by Crippen LogP contribution is 2.35. The lowest BCUT2D eigenvalue weighted by Crippen LogP contribution is -2.43. The van der Waals surface area contributed by atoms with E-state index in [-0.39, 0.29) is 23.3 Å². The van der Waals surface area contributed by atoms with Crippen molar-refractivity contribution in [3.8, 4) is 23.1 Å². The summed E-state index contributed by atoms with van der Waals surface area (Å²) in [6.45, 7) is 9.92. The van der Waals surface area contributed by atoms with E-state index < -0.39 is 0 Å². The zero-order chi connectivity index (χ0) is 29.5. The molecule has 0 saturated carbocycles. The van der Waals surface area contributed by atoms with Crippen LogP contribution in [-0.2, 0) is 0 Å². The average molecular weight is 569 g/mol. The maximum atomic E-state index is 13.5. The minimum atomic E-state index is -0.384. The SMILES string of the molecule is CCOc1ccccc1Oc1nc(Nc2ccc(N3CCNCC3)c(OC)c2)ncc1C(=O)Nc1c(C)cccc1C. The van der Waals surface area contributed by atoms with Gasteiger partial charge in [0, 0.05) is 49.8 Å². The van der Waals surface area contributed by atoms with Gasteiger partial charge < -0.3 is 35.1 Å². The Morgan fingerprint density at radius 1 is 0.976 bits per heavy atom. The van der Waals surface area contributed by atoms with Crippen molar-refractivity contribution in [3.05, 3.63) is 83.6 Å². The molecular formula is C32H36N6O4. The van der Waals surface area contributed by atoms with E-state index in [2.05, 4.69) is 30.8 Å². The minimum Gasteiger partial charge on any atom is -0.495 e. The molecule has 1 fully saturated rings. The van der Waals surface area contributed by atoms with Crippen LogP contribution < -0.4 is 35.1 Å². The Bertz CT molecular complexity index is 1530. The molecule has 0 bridgehead atoms. The molecular weight excluding hydrogens is 532 g/mol. The van der Waals surface area contributed by atoms with Gasteiger partial charge in [0.05, 0.1) is 19.4 Å². The molecule has 0 unspecified atom stereocenters. The molecule has 3 aromatic carbocycles. The molecule has 1 saturated heterocycles. The molecule has 1 aliphatic heterocycles. The van der Waals surface area contributed by atoms with Gasteiger partial charge in [-0.15, -0.1) is 0 Å². The fraction of sp³-hybridized carbons (Fsp3) is 0.281. The number of aryl methyl sites for hydroxylation is 2. The number of piperazine rings is 1. The van der Waals surface area contributed by atoms with Crippen LogP contribution in [0, 0.1) is 13.8 Å². The highest BCUT2D eigenvalue weighted by atomic mass is 16.5. The van der Waals surface area contributed by atoms with E-state index in [4.69, 9.17) is 14.2 Å². The number of carbonyl (C=O) groups is 1. The van der Waals surface area contributed by atoms with Gasteiger partial charge in [0.15, 0.2) is 11.5 Å². The third-order valence-electron chi connectivity index (χ3n) is 6.97. The second-order valence-corrected chi connectivity index (χ2v) is 9.86. The molecule has 10 heteroatoms. The quantitative estimate of drug-likeness (QED) is 0.222. The Balaban J connectivity index is 1.47. The van der Waals surface area contributed by atoms with Crippen LogP contribution in [-0.4, -0.2) is 55.8 Å². The van der Waals surface area contributed by atoms with E-state index >= 15 is 0 Å². The summed E-state index contributed by atoms with van der Waals surface area (Å²) in [6.07, 6.45) is 1.46. The number of rotatable bonds is 10. The summed E-state index contributed by atoms with van der Waals surface area (Å²) >= 11 is 0. The summed E-state index contributed by atoms with van der Waals surface area (Å²) in [4.78, 5) is 24.9. The molecule has 0 aliphatic carbocycles. The molecule has 2 heterocycles. The number of hydrogen-bond donors (Lipinski definition) is 3. The third-order valence-corrected chi connectivity index (χ3v) is 6.97. The number of nitrogens with zero attached hydrogens (tertiary/aromatic N) is 3. The number of ether oxygens (including phenoxy) is 3. The van der Waals surface area contributed by atoms with E-state index in [1.165, 1.54) is 6.20 Å². The molecule has 1 amide bonds. The molecule has 1 aliphatic rings. The summed E-state index contributed by atoms with van der Waals surface area (Å²) in [6, 6.07) is 19.0. The van der Waals surface area contributed by atoms with Crippen LogP contribution in [0.5, 0.6) is 23.1 Å². The third kappa shape index (κ3) is 6.55. The van der Waals surface area contributed by atoms with Crippen LogP contribution in [0.15, 0.2) is 66.9 Å². The molecule has 0 radical (unpaired) electrons. The number of hydrogen-bond acceptors (Lipinski definition) is 9. The van der Waals surface area contributed by atoms with Gasteiger partial charge in [-0.3, -0.25) is 4.79 Å². The molecule has 42 heavy (non-hydrogen) atoms. The Labute approximate surface area is 246 Å². The highest BCUT2D eigenvalue weighted by molar-refractivity contribution is 6.06. The van der Waals surface area contributed by atoms with Crippen molar-refractivity contribution in [1.82, 2.24) is 15.3 Å². The summed E-state index contributed by atoms with van der Waals surface area (Å²) in [5, 5.41) is 9.61. The zero-order valence-electron chi connectivity index (χ0n) is 24.4. The van der Waals surface area contributed by atoms with Gasteiger partial charge >= 0.3 is 0 Å². The number of benzene rings is 3. The topological polar surface area (TPSA) is 110 Å². The maximum Gasteiger partial charge on any atom is 0.262 e. The Hall–Kier alpha value is -4.83. The van der Waals surface area contributed by atoms with Crippen LogP contribution in [0.3, 0.4) is 0 Å². The first-order valence-corrected chi connectivity index (χ1v) is 14.0. The lowest BCUT2D eigenvalue weighted by Gasteiger charge is -2.30. The molecule has 10 nitrogen and oxygen atoms in total. The molecule has 0 atom stereocenters. The maximum absolute atomic E-state index is 13.5. The second kappa shape index (κ2) is 13.2. The fourth-order valence-corrected chi connectivity index (χ4v) is 4.82. The predicted octanol–water partition coefficient (Wildman–Crippen LogP) is 5.70. The summed E-state index contributed by atoms with van der Waals surface area (Å²) in [5.41, 5.74) is 4.58. The summed E-state index contributed by atoms with van der Waals surface area (Å²) in [7, 11) is 1.66. The van der Waals surface area contributed by atoms with Gasteiger partial charge in [0.2, 0.25) is 11.8 Å². The van der Waals surface area contributed by atoms with E-state index in [0.717, 1.165) is 60.1 Å². The molecule has 3 N–H and O–H groups in total. The Kier molecular flexibility index (Phi) is 9.03. The van der Waals surface area contributed by atoms with Crippen molar-refractivity contribution in [1.29, 1.82) is 0 Å². The van der Waals surface area contributed by atoms with Crippen LogP contribution in [0.25, 0.3) is 0 Å². The number of anilines is 4. The monoisotopic (exact) mass is 568 g/mol. The van der Waals surface area contributed by atoms with Crippen LogP contribution in [0.2, 0.25) is 0 Å². The molecule has 0 spiro atoms. The molecule has 1 aromatic heterocycles. The minimum absolute atomic E-state index is 0.0905. The molecule has 4 aromatic rings. The van der Waals surface area contributed by atoms with E-state index in [1.807, 2.05) is 75.4 Å². The second-order valence-electron chi connectivity index (χ2n) is 9.86. The number of para-hydroxylation sites is 3. The fourth-order valence-electron chi connectivity index (χ4n) is 4.82. The van der Waals surface area contributed by atoms with Gasteiger partial charge in [0.25, 0.3) is 5.91 Å². The first-order chi connectivity index (χ1) is 20.5. The van der Waals surface area contributed by atoms with E-state index in [1.54, 1.807) is 13.2 Å². The standard InChI is InChI=1S/C32H36N6O4/c1-5-41-26-11-6-7-12-27(26)42-31-24(30(39)36-29-21(2)9-8-10-22(29)3)20-34-32(37-31)35-23-13-14-25(28(19-23)40-4)38-17-15-33-16-18-38/h6-14,19-20,33H,5,15-18H2,1-4H3,(H,36,39)(H,34,35,37). The number of amides is 1. The summed E-state index contributed by atoms with van der Waals surface area (Å²) < 4.78 is 17.7. The number of methoxy groups -OCH3 is 1. The first-order valence-electron chi connectivity index (χ1n) is 14.0. The van der Waals surface area contributed by atoms with Gasteiger partial charge in [-0.05, 0) is 56.2 Å². The van der Waals surface area contributed by atoms with Gasteiger partial charge in [-0.1, -0.05) is 30.3 Å². The van der Waals surface area contributed by atoms with Crippen molar-refractivity contribution < 1.29 is 19.0 Å². The largest absolute Gasteiger partial charge is 0.495 e. The van der Waals surface area contributed by atoms with Crippen molar-refractivity contribution >= 4 is 28.9 Å². The van der Waals surface area contributed by atoms with Crippen molar-refractivity contribution in [2.75, 3.05) is 55.4 Å². The van der Waals surface area contributed by atoms with Gasteiger partial charge in [-0.25, -0.2) is 4.98 Å². The van der Waals surface area contributed by atoms with E-state index in [0.29, 0.717) is 18.1 Å². The zero-order valence-corrected chi connectivity index (χ0v) is 24.4. The smallest absolute Gasteiger partial charge is 0.262 e. The van der Waals surface area contributed by atoms with Gasteiger partial charge in [0.1, 0.15) is 11.3 Å². The van der Waals surface area contributed by atoms with Crippen molar-refractivity contribution in [2.24, 2.45) is 0 Å². The Morgan fingerprint density at radius 2 is 1.71 bits per heavy atom.